The summed E-state index contributed by atoms with van der Waals surface area (Å²) in [5.41, 5.74) is 0.951. The summed E-state index contributed by atoms with van der Waals surface area (Å²) in [5.74, 6) is 1.03. The number of aromatic nitrogens is 1. The van der Waals surface area contributed by atoms with Crippen LogP contribution in [0, 0.1) is 5.92 Å². The van der Waals surface area contributed by atoms with Crippen molar-refractivity contribution >= 4 is 5.91 Å². The molecule has 0 aliphatic carbocycles. The molecule has 0 aliphatic heterocycles. The fourth-order valence-corrected chi connectivity index (χ4v) is 1.65. The normalized spacial score (nSPS) is 12.0. The van der Waals surface area contributed by atoms with E-state index in [2.05, 4.69) is 36.0 Å². The lowest BCUT2D eigenvalue weighted by Gasteiger charge is -2.14. The lowest BCUT2D eigenvalue weighted by Crippen LogP contribution is -2.36. The molecule has 0 saturated carbocycles. The van der Waals surface area contributed by atoms with Gasteiger partial charge in [0, 0.05) is 13.1 Å². The second-order valence-electron chi connectivity index (χ2n) is 5.30. The zero-order valence-corrected chi connectivity index (χ0v) is 13.1. The topological polar surface area (TPSA) is 63.2 Å². The summed E-state index contributed by atoms with van der Waals surface area (Å²) in [7, 11) is 0. The highest BCUT2D eigenvalue weighted by Gasteiger charge is 2.13. The van der Waals surface area contributed by atoms with Crippen molar-refractivity contribution in [2.24, 2.45) is 5.92 Å². The summed E-state index contributed by atoms with van der Waals surface area (Å²) in [4.78, 5) is 16.0. The van der Waals surface area contributed by atoms with Crippen molar-refractivity contribution in [1.82, 2.24) is 15.6 Å². The third-order valence-corrected chi connectivity index (χ3v) is 2.76. The van der Waals surface area contributed by atoms with Gasteiger partial charge >= 0.3 is 0 Å². The minimum Gasteiger partial charge on any atom is -0.479 e. The lowest BCUT2D eigenvalue weighted by molar-refractivity contribution is -0.127. The monoisotopic (exact) mass is 291 g/mol. The average Bonchev–Trinajstić information content (AvgIpc) is 2.46. The van der Waals surface area contributed by atoms with E-state index in [9.17, 15) is 4.79 Å². The number of amides is 1. The first-order valence-electron chi connectivity index (χ1n) is 7.23. The molecule has 0 fully saturated rings. The number of carbonyl (C=O) groups excluding carboxylic acids is 1. The van der Waals surface area contributed by atoms with E-state index in [1.807, 2.05) is 12.1 Å². The molecule has 2 N–H and O–H groups in total. The largest absolute Gasteiger partial charge is 0.479 e. The summed E-state index contributed by atoms with van der Waals surface area (Å²) in [6.07, 6.45) is 2.71. The summed E-state index contributed by atoms with van der Waals surface area (Å²) in [5, 5.41) is 6.02. The van der Waals surface area contributed by atoms with E-state index in [0.717, 1.165) is 18.8 Å². The molecule has 1 rings (SSSR count). The van der Waals surface area contributed by atoms with Gasteiger partial charge in [0.2, 0.25) is 0 Å². The van der Waals surface area contributed by atoms with Crippen molar-refractivity contribution in [2.75, 3.05) is 13.1 Å². The standard InChI is InChI=1S/C16H25N3O2/c1-5-8-18-16(20)13(4)21-15-7-6-14(19-11-15)10-17-9-12(2)3/h5-7,11-13,17H,1,8-10H2,2-4H3,(H,18,20). The van der Waals surface area contributed by atoms with Crippen LogP contribution in [0.2, 0.25) is 0 Å². The lowest BCUT2D eigenvalue weighted by atomic mass is 10.2. The Morgan fingerprint density at radius 1 is 1.43 bits per heavy atom. The quantitative estimate of drug-likeness (QED) is 0.682. The van der Waals surface area contributed by atoms with Gasteiger partial charge in [-0.15, -0.1) is 6.58 Å². The summed E-state index contributed by atoms with van der Waals surface area (Å²) in [6, 6.07) is 3.73. The fourth-order valence-electron chi connectivity index (χ4n) is 1.65. The second kappa shape index (κ2) is 9.13. The van der Waals surface area contributed by atoms with Crippen molar-refractivity contribution in [2.45, 2.75) is 33.4 Å². The Labute approximate surface area is 126 Å². The van der Waals surface area contributed by atoms with E-state index < -0.39 is 6.10 Å². The molecule has 0 bridgehead atoms. The predicted molar refractivity (Wildman–Crippen MR) is 84.1 cm³/mol. The third-order valence-electron chi connectivity index (χ3n) is 2.76. The van der Waals surface area contributed by atoms with Gasteiger partial charge in [-0.25, -0.2) is 0 Å². The Kier molecular flexibility index (Phi) is 7.46. The van der Waals surface area contributed by atoms with Gasteiger partial charge in [-0.1, -0.05) is 19.9 Å². The molecule has 1 atom stereocenters. The molecule has 0 spiro atoms. The molecule has 116 valence electrons. The van der Waals surface area contributed by atoms with Gasteiger partial charge in [0.15, 0.2) is 6.10 Å². The minimum atomic E-state index is -0.559. The maximum absolute atomic E-state index is 11.7. The summed E-state index contributed by atoms with van der Waals surface area (Å²) in [6.45, 7) is 11.7. The second-order valence-corrected chi connectivity index (χ2v) is 5.30. The molecule has 0 aliphatic rings. The predicted octanol–water partition coefficient (Wildman–Crippen LogP) is 1.90. The van der Waals surface area contributed by atoms with Crippen LogP contribution in [0.4, 0.5) is 0 Å². The van der Waals surface area contributed by atoms with E-state index >= 15 is 0 Å². The van der Waals surface area contributed by atoms with Crippen molar-refractivity contribution in [3.05, 3.63) is 36.7 Å². The fraction of sp³-hybridized carbons (Fsp3) is 0.500. The Morgan fingerprint density at radius 3 is 2.76 bits per heavy atom. The Bertz CT molecular complexity index is 443. The van der Waals surface area contributed by atoms with Gasteiger partial charge in [0.05, 0.1) is 11.9 Å². The smallest absolute Gasteiger partial charge is 0.261 e. The Hall–Kier alpha value is -1.88. The van der Waals surface area contributed by atoms with Gasteiger partial charge in [-0.05, 0) is 31.5 Å². The van der Waals surface area contributed by atoms with E-state index in [1.165, 1.54) is 0 Å². The van der Waals surface area contributed by atoms with Crippen LogP contribution in [-0.4, -0.2) is 30.1 Å². The molecule has 1 aromatic heterocycles. The number of hydrogen-bond acceptors (Lipinski definition) is 4. The zero-order chi connectivity index (χ0) is 15.7. The van der Waals surface area contributed by atoms with Crippen molar-refractivity contribution in [3.8, 4) is 5.75 Å². The molecule has 0 aromatic carbocycles. The van der Waals surface area contributed by atoms with Crippen LogP contribution >= 0.6 is 0 Å². The maximum Gasteiger partial charge on any atom is 0.261 e. The number of ether oxygens (including phenoxy) is 1. The molecular weight excluding hydrogens is 266 g/mol. The summed E-state index contributed by atoms with van der Waals surface area (Å²) >= 11 is 0. The first-order chi connectivity index (χ1) is 10.0. The third kappa shape index (κ3) is 6.90. The average molecular weight is 291 g/mol. The van der Waals surface area contributed by atoms with Crippen LogP contribution < -0.4 is 15.4 Å². The van der Waals surface area contributed by atoms with Crippen LogP contribution in [0.1, 0.15) is 26.5 Å². The van der Waals surface area contributed by atoms with Crippen LogP contribution in [0.5, 0.6) is 5.75 Å². The highest BCUT2D eigenvalue weighted by Crippen LogP contribution is 2.11. The number of nitrogens with zero attached hydrogens (tertiary/aromatic N) is 1. The van der Waals surface area contributed by atoms with Gasteiger partial charge in [-0.3, -0.25) is 9.78 Å². The minimum absolute atomic E-state index is 0.169. The van der Waals surface area contributed by atoms with Gasteiger partial charge in [0.25, 0.3) is 5.91 Å². The maximum atomic E-state index is 11.7. The molecule has 21 heavy (non-hydrogen) atoms. The van der Waals surface area contributed by atoms with Crippen molar-refractivity contribution < 1.29 is 9.53 Å². The molecule has 0 saturated heterocycles. The van der Waals surface area contributed by atoms with Crippen LogP contribution in [0.3, 0.4) is 0 Å². The number of nitrogens with one attached hydrogen (secondary N) is 2. The number of hydrogen-bond donors (Lipinski definition) is 2. The number of rotatable bonds is 9. The number of carbonyl (C=O) groups is 1. The molecule has 5 heteroatoms. The Morgan fingerprint density at radius 2 is 2.19 bits per heavy atom. The highest BCUT2D eigenvalue weighted by molar-refractivity contribution is 5.80. The molecule has 0 radical (unpaired) electrons. The SMILES string of the molecule is C=CCNC(=O)C(C)Oc1ccc(CNCC(C)C)nc1. The van der Waals surface area contributed by atoms with E-state index in [-0.39, 0.29) is 5.91 Å². The van der Waals surface area contributed by atoms with E-state index in [1.54, 1.807) is 19.2 Å². The van der Waals surface area contributed by atoms with Gasteiger partial charge in [0.1, 0.15) is 5.75 Å². The molecule has 1 unspecified atom stereocenters. The van der Waals surface area contributed by atoms with E-state index in [0.29, 0.717) is 18.2 Å². The molecular formula is C16H25N3O2. The van der Waals surface area contributed by atoms with Crippen molar-refractivity contribution in [1.29, 1.82) is 0 Å². The highest BCUT2D eigenvalue weighted by atomic mass is 16.5. The number of pyridine rings is 1. The first kappa shape index (κ1) is 17.2. The van der Waals surface area contributed by atoms with Gasteiger partial charge in [-0.2, -0.15) is 0 Å². The molecule has 1 aromatic rings. The van der Waals surface area contributed by atoms with Crippen molar-refractivity contribution in [3.63, 3.8) is 0 Å². The van der Waals surface area contributed by atoms with Crippen LogP contribution in [-0.2, 0) is 11.3 Å². The van der Waals surface area contributed by atoms with Gasteiger partial charge < -0.3 is 15.4 Å². The molecule has 1 amide bonds. The Balaban J connectivity index is 2.43. The molecule has 5 nitrogen and oxygen atoms in total. The van der Waals surface area contributed by atoms with Crippen LogP contribution in [0.25, 0.3) is 0 Å². The van der Waals surface area contributed by atoms with E-state index in [4.69, 9.17) is 4.74 Å². The first-order valence-corrected chi connectivity index (χ1v) is 7.23. The van der Waals surface area contributed by atoms with Crippen LogP contribution in [0.15, 0.2) is 31.0 Å². The zero-order valence-electron chi connectivity index (χ0n) is 13.1. The summed E-state index contributed by atoms with van der Waals surface area (Å²) < 4.78 is 5.54. The molecule has 1 heterocycles.